The van der Waals surface area contributed by atoms with Crippen molar-refractivity contribution in [3.63, 3.8) is 0 Å². The zero-order chi connectivity index (χ0) is 15.8. The molecule has 1 aromatic rings. The number of aryl methyl sites for hydroxylation is 1. The Morgan fingerprint density at radius 1 is 1.39 bits per heavy atom. The lowest BCUT2D eigenvalue weighted by molar-refractivity contribution is -0.122. The summed E-state index contributed by atoms with van der Waals surface area (Å²) in [6.07, 6.45) is 5.06. The van der Waals surface area contributed by atoms with Crippen molar-refractivity contribution in [2.45, 2.75) is 39.0 Å². The van der Waals surface area contributed by atoms with Crippen LogP contribution < -0.4 is 10.6 Å². The van der Waals surface area contributed by atoms with Crippen LogP contribution in [0.15, 0.2) is 24.3 Å². The predicted octanol–water partition coefficient (Wildman–Crippen LogP) is 3.84. The van der Waals surface area contributed by atoms with E-state index in [1.54, 1.807) is 0 Å². The van der Waals surface area contributed by atoms with E-state index < -0.39 is 0 Å². The summed E-state index contributed by atoms with van der Waals surface area (Å²) in [6, 6.07) is 7.91. The summed E-state index contributed by atoms with van der Waals surface area (Å²) >= 11 is 5.87. The zero-order valence-corrected chi connectivity index (χ0v) is 15.4. The van der Waals surface area contributed by atoms with Crippen molar-refractivity contribution in [2.75, 3.05) is 19.6 Å². The minimum atomic E-state index is 0. The van der Waals surface area contributed by atoms with Gasteiger partial charge in [0.25, 0.3) is 0 Å². The van der Waals surface area contributed by atoms with Gasteiger partial charge >= 0.3 is 0 Å². The Morgan fingerprint density at radius 2 is 2.13 bits per heavy atom. The Balaban J connectivity index is 0.00000264. The Labute approximate surface area is 151 Å². The summed E-state index contributed by atoms with van der Waals surface area (Å²) in [6.45, 7) is 5.13. The first-order chi connectivity index (χ1) is 10.6. The van der Waals surface area contributed by atoms with Crippen LogP contribution in [0.5, 0.6) is 0 Å². The highest BCUT2D eigenvalue weighted by Gasteiger charge is 2.21. The number of piperidine rings is 1. The molecule has 1 saturated heterocycles. The third-order valence-electron chi connectivity index (χ3n) is 4.52. The summed E-state index contributed by atoms with van der Waals surface area (Å²) in [5.74, 6) is 1.30. The number of halogens is 2. The molecule has 0 bridgehead atoms. The lowest BCUT2D eigenvalue weighted by Gasteiger charge is -2.28. The largest absolute Gasteiger partial charge is 0.356 e. The molecule has 0 radical (unpaired) electrons. The molecular formula is C18H28Cl2N2O. The average Bonchev–Trinajstić information content (AvgIpc) is 2.54. The first-order valence-electron chi connectivity index (χ1n) is 8.37. The van der Waals surface area contributed by atoms with Gasteiger partial charge in [0.05, 0.1) is 0 Å². The summed E-state index contributed by atoms with van der Waals surface area (Å²) in [4.78, 5) is 12.0. The molecule has 3 nitrogen and oxygen atoms in total. The molecule has 0 aromatic heterocycles. The highest BCUT2D eigenvalue weighted by molar-refractivity contribution is 6.30. The van der Waals surface area contributed by atoms with Crippen LogP contribution in [0, 0.1) is 11.8 Å². The van der Waals surface area contributed by atoms with E-state index in [4.69, 9.17) is 11.6 Å². The van der Waals surface area contributed by atoms with Crippen LogP contribution in [0.1, 0.15) is 38.2 Å². The van der Waals surface area contributed by atoms with Crippen LogP contribution in [0.3, 0.4) is 0 Å². The van der Waals surface area contributed by atoms with Gasteiger partial charge < -0.3 is 10.6 Å². The summed E-state index contributed by atoms with van der Waals surface area (Å²) in [7, 11) is 0. The van der Waals surface area contributed by atoms with Gasteiger partial charge in [0.1, 0.15) is 0 Å². The van der Waals surface area contributed by atoms with Gasteiger partial charge in [0.2, 0.25) is 5.91 Å². The SMILES string of the molecule is CC(CC(=O)NCCCc1ccc(Cl)cc1)C1CCCNC1.Cl. The quantitative estimate of drug-likeness (QED) is 0.727. The summed E-state index contributed by atoms with van der Waals surface area (Å²) in [5.41, 5.74) is 1.26. The molecule has 2 rings (SSSR count). The molecule has 1 heterocycles. The monoisotopic (exact) mass is 358 g/mol. The van der Waals surface area contributed by atoms with Crippen molar-refractivity contribution in [3.8, 4) is 0 Å². The maximum Gasteiger partial charge on any atom is 0.220 e. The van der Waals surface area contributed by atoms with E-state index in [9.17, 15) is 4.79 Å². The van der Waals surface area contributed by atoms with E-state index in [0.717, 1.165) is 37.5 Å². The van der Waals surface area contributed by atoms with Gasteiger partial charge in [0, 0.05) is 18.0 Å². The lowest BCUT2D eigenvalue weighted by Crippen LogP contribution is -2.35. The molecule has 23 heavy (non-hydrogen) atoms. The molecule has 0 spiro atoms. The minimum Gasteiger partial charge on any atom is -0.356 e. The maximum atomic E-state index is 12.0. The molecule has 1 fully saturated rings. The van der Waals surface area contributed by atoms with Gasteiger partial charge in [-0.3, -0.25) is 4.79 Å². The number of amides is 1. The van der Waals surface area contributed by atoms with Crippen LogP contribution in [0.25, 0.3) is 0 Å². The van der Waals surface area contributed by atoms with E-state index in [-0.39, 0.29) is 18.3 Å². The number of carbonyl (C=O) groups excluding carboxylic acids is 1. The topological polar surface area (TPSA) is 41.1 Å². The van der Waals surface area contributed by atoms with Crippen LogP contribution >= 0.6 is 24.0 Å². The minimum absolute atomic E-state index is 0. The zero-order valence-electron chi connectivity index (χ0n) is 13.8. The molecule has 2 N–H and O–H groups in total. The fourth-order valence-electron chi connectivity index (χ4n) is 3.07. The van der Waals surface area contributed by atoms with Crippen molar-refractivity contribution in [1.82, 2.24) is 10.6 Å². The van der Waals surface area contributed by atoms with E-state index >= 15 is 0 Å². The van der Waals surface area contributed by atoms with Gasteiger partial charge in [-0.15, -0.1) is 12.4 Å². The maximum absolute atomic E-state index is 12.0. The molecule has 1 aliphatic heterocycles. The standard InChI is InChI=1S/C18H27ClN2O.ClH/c1-14(16-5-3-10-20-13-16)12-18(22)21-11-2-4-15-6-8-17(19)9-7-15;/h6-9,14,16,20H,2-5,10-13H2,1H3,(H,21,22);1H. The van der Waals surface area contributed by atoms with Crippen molar-refractivity contribution in [1.29, 1.82) is 0 Å². The molecule has 2 unspecified atom stereocenters. The Hall–Kier alpha value is -0.770. The second kappa shape index (κ2) is 10.9. The van der Waals surface area contributed by atoms with Crippen molar-refractivity contribution < 1.29 is 4.79 Å². The van der Waals surface area contributed by atoms with E-state index in [1.165, 1.54) is 18.4 Å². The number of carbonyl (C=O) groups is 1. The molecular weight excluding hydrogens is 331 g/mol. The normalized spacial score (nSPS) is 18.8. The van der Waals surface area contributed by atoms with Crippen LogP contribution in [-0.2, 0) is 11.2 Å². The fraction of sp³-hybridized carbons (Fsp3) is 0.611. The molecule has 130 valence electrons. The second-order valence-electron chi connectivity index (χ2n) is 6.37. The molecule has 5 heteroatoms. The average molecular weight is 359 g/mol. The van der Waals surface area contributed by atoms with Gasteiger partial charge in [-0.2, -0.15) is 0 Å². The van der Waals surface area contributed by atoms with E-state index in [1.807, 2.05) is 24.3 Å². The third kappa shape index (κ3) is 7.56. The molecule has 1 aliphatic rings. The molecule has 0 saturated carbocycles. The Kier molecular flexibility index (Phi) is 9.61. The molecule has 1 amide bonds. The Morgan fingerprint density at radius 3 is 2.78 bits per heavy atom. The van der Waals surface area contributed by atoms with Crippen LogP contribution in [-0.4, -0.2) is 25.5 Å². The van der Waals surface area contributed by atoms with E-state index in [0.29, 0.717) is 18.3 Å². The van der Waals surface area contributed by atoms with Crippen LogP contribution in [0.2, 0.25) is 5.02 Å². The van der Waals surface area contributed by atoms with Crippen molar-refractivity contribution >= 4 is 29.9 Å². The van der Waals surface area contributed by atoms with Gasteiger partial charge in [-0.25, -0.2) is 0 Å². The predicted molar refractivity (Wildman–Crippen MR) is 99.4 cm³/mol. The fourth-order valence-corrected chi connectivity index (χ4v) is 3.19. The first-order valence-corrected chi connectivity index (χ1v) is 8.75. The number of hydrogen-bond donors (Lipinski definition) is 2. The highest BCUT2D eigenvalue weighted by atomic mass is 35.5. The van der Waals surface area contributed by atoms with Gasteiger partial charge in [-0.1, -0.05) is 30.7 Å². The summed E-state index contributed by atoms with van der Waals surface area (Å²) in [5, 5.41) is 7.24. The van der Waals surface area contributed by atoms with Crippen LogP contribution in [0.4, 0.5) is 0 Å². The molecule has 2 atom stereocenters. The molecule has 1 aromatic carbocycles. The van der Waals surface area contributed by atoms with Gasteiger partial charge in [0.15, 0.2) is 0 Å². The summed E-state index contributed by atoms with van der Waals surface area (Å²) < 4.78 is 0. The van der Waals surface area contributed by atoms with E-state index in [2.05, 4.69) is 17.6 Å². The highest BCUT2D eigenvalue weighted by Crippen LogP contribution is 2.22. The second-order valence-corrected chi connectivity index (χ2v) is 6.80. The number of benzene rings is 1. The number of rotatable bonds is 7. The number of nitrogens with one attached hydrogen (secondary N) is 2. The smallest absolute Gasteiger partial charge is 0.220 e. The third-order valence-corrected chi connectivity index (χ3v) is 4.78. The Bertz CT molecular complexity index is 459. The van der Waals surface area contributed by atoms with Crippen molar-refractivity contribution in [3.05, 3.63) is 34.9 Å². The number of hydrogen-bond acceptors (Lipinski definition) is 2. The van der Waals surface area contributed by atoms with Gasteiger partial charge in [-0.05, 0) is 68.3 Å². The first kappa shape index (κ1) is 20.3. The lowest BCUT2D eigenvalue weighted by atomic mass is 9.85. The molecule has 0 aliphatic carbocycles. The van der Waals surface area contributed by atoms with Crippen molar-refractivity contribution in [2.24, 2.45) is 11.8 Å².